The molecule has 0 fully saturated rings. The molecule has 20 heavy (non-hydrogen) atoms. The number of halogens is 5. The molecule has 1 unspecified atom stereocenters. The second-order valence-corrected chi connectivity index (χ2v) is 4.89. The number of hydrogen-bond acceptors (Lipinski definition) is 2. The average Bonchev–Trinajstić information content (AvgIpc) is 2.43. The van der Waals surface area contributed by atoms with Crippen LogP contribution in [-0.2, 0) is 0 Å². The lowest BCUT2D eigenvalue weighted by atomic mass is 9.98. The zero-order chi connectivity index (χ0) is 14.9. The molecule has 0 amide bonds. The number of hydrazine groups is 1. The molecule has 0 saturated heterocycles. The minimum atomic E-state index is -1.58. The predicted molar refractivity (Wildman–Crippen MR) is 69.6 cm³/mol. The molecule has 2 nitrogen and oxygen atoms in total. The molecule has 2 aromatic carbocycles. The van der Waals surface area contributed by atoms with Gasteiger partial charge in [0.1, 0.15) is 5.82 Å². The van der Waals surface area contributed by atoms with E-state index in [4.69, 9.17) is 5.84 Å². The summed E-state index contributed by atoms with van der Waals surface area (Å²) in [4.78, 5) is 0. The van der Waals surface area contributed by atoms with Crippen LogP contribution in [0.4, 0.5) is 17.6 Å². The Hall–Kier alpha value is -1.44. The fourth-order valence-electron chi connectivity index (χ4n) is 1.82. The van der Waals surface area contributed by atoms with E-state index < -0.39 is 29.3 Å². The van der Waals surface area contributed by atoms with Crippen LogP contribution in [0, 0.1) is 23.3 Å². The highest BCUT2D eigenvalue weighted by Gasteiger charge is 2.22. The Morgan fingerprint density at radius 3 is 2.20 bits per heavy atom. The minimum Gasteiger partial charge on any atom is -0.271 e. The number of hydrogen-bond donors (Lipinski definition) is 2. The Bertz CT molecular complexity index is 649. The first-order chi connectivity index (χ1) is 9.45. The van der Waals surface area contributed by atoms with Gasteiger partial charge >= 0.3 is 0 Å². The zero-order valence-corrected chi connectivity index (χ0v) is 11.5. The molecule has 3 N–H and O–H groups in total. The van der Waals surface area contributed by atoms with Gasteiger partial charge in [-0.2, -0.15) is 0 Å². The van der Waals surface area contributed by atoms with E-state index in [1.165, 1.54) is 12.1 Å². The summed E-state index contributed by atoms with van der Waals surface area (Å²) in [5.74, 6) is 0.627. The molecule has 0 aliphatic heterocycles. The number of nitrogens with two attached hydrogens (primary N) is 1. The van der Waals surface area contributed by atoms with E-state index in [-0.39, 0.29) is 10.0 Å². The molecule has 0 aliphatic rings. The topological polar surface area (TPSA) is 38.0 Å². The third kappa shape index (κ3) is 2.70. The number of rotatable bonds is 3. The maximum absolute atomic E-state index is 13.8. The Kier molecular flexibility index (Phi) is 4.42. The van der Waals surface area contributed by atoms with Crippen LogP contribution in [0.25, 0.3) is 0 Å². The summed E-state index contributed by atoms with van der Waals surface area (Å²) in [6, 6.07) is 4.83. The molecule has 106 valence electrons. The third-order valence-electron chi connectivity index (χ3n) is 2.82. The monoisotopic (exact) mass is 348 g/mol. The van der Waals surface area contributed by atoms with Crippen molar-refractivity contribution < 1.29 is 17.6 Å². The maximum atomic E-state index is 13.8. The van der Waals surface area contributed by atoms with E-state index in [9.17, 15) is 17.6 Å². The van der Waals surface area contributed by atoms with Crippen molar-refractivity contribution in [2.45, 2.75) is 6.04 Å². The highest BCUT2D eigenvalue weighted by atomic mass is 79.9. The smallest absolute Gasteiger partial charge is 0.194 e. The van der Waals surface area contributed by atoms with Crippen LogP contribution in [0.15, 0.2) is 34.8 Å². The second-order valence-electron chi connectivity index (χ2n) is 4.04. The molecule has 0 heterocycles. The van der Waals surface area contributed by atoms with Gasteiger partial charge in [0, 0.05) is 5.56 Å². The van der Waals surface area contributed by atoms with Crippen LogP contribution < -0.4 is 11.3 Å². The van der Waals surface area contributed by atoms with Gasteiger partial charge in [0.2, 0.25) is 0 Å². The van der Waals surface area contributed by atoms with Gasteiger partial charge in [-0.05, 0) is 39.7 Å². The van der Waals surface area contributed by atoms with Gasteiger partial charge in [-0.25, -0.2) is 23.0 Å². The van der Waals surface area contributed by atoms with Gasteiger partial charge in [0.25, 0.3) is 0 Å². The Balaban J connectivity index is 2.52. The summed E-state index contributed by atoms with van der Waals surface area (Å²) in [7, 11) is 0. The first kappa shape index (κ1) is 15.0. The van der Waals surface area contributed by atoms with E-state index >= 15 is 0 Å². The second kappa shape index (κ2) is 5.90. The predicted octanol–water partition coefficient (Wildman–Crippen LogP) is 3.56. The summed E-state index contributed by atoms with van der Waals surface area (Å²) in [6.07, 6.45) is 0. The molecule has 0 bridgehead atoms. The molecule has 2 aromatic rings. The van der Waals surface area contributed by atoms with Crippen LogP contribution in [-0.4, -0.2) is 0 Å². The SMILES string of the molecule is NNC(c1ccc(F)c(Br)c1)c1ccc(F)c(F)c1F. The van der Waals surface area contributed by atoms with Gasteiger partial charge in [-0.1, -0.05) is 12.1 Å². The van der Waals surface area contributed by atoms with Crippen molar-refractivity contribution in [3.8, 4) is 0 Å². The van der Waals surface area contributed by atoms with E-state index in [2.05, 4.69) is 21.4 Å². The summed E-state index contributed by atoms with van der Waals surface area (Å²) in [5, 5.41) is 0. The number of benzene rings is 2. The molecular weight excluding hydrogens is 340 g/mol. The molecule has 0 aromatic heterocycles. The van der Waals surface area contributed by atoms with Crippen molar-refractivity contribution in [3.05, 3.63) is 69.2 Å². The Labute approximate surface area is 120 Å². The largest absolute Gasteiger partial charge is 0.271 e. The summed E-state index contributed by atoms with van der Waals surface area (Å²) in [5.41, 5.74) is 2.51. The fraction of sp³-hybridized carbons (Fsp3) is 0.0769. The van der Waals surface area contributed by atoms with Gasteiger partial charge in [-0.3, -0.25) is 5.84 Å². The van der Waals surface area contributed by atoms with E-state index in [0.717, 1.165) is 18.2 Å². The molecule has 1 atom stereocenters. The number of nitrogens with one attached hydrogen (secondary N) is 1. The first-order valence-electron chi connectivity index (χ1n) is 5.50. The van der Waals surface area contributed by atoms with E-state index in [0.29, 0.717) is 5.56 Å². The van der Waals surface area contributed by atoms with Crippen molar-refractivity contribution in [1.29, 1.82) is 0 Å². The zero-order valence-electron chi connectivity index (χ0n) is 9.93. The van der Waals surface area contributed by atoms with Crippen LogP contribution in [0.2, 0.25) is 0 Å². The lowest BCUT2D eigenvalue weighted by molar-refractivity contribution is 0.433. The standard InChI is InChI=1S/C13H9BrF4N2/c14-8-5-6(1-3-9(8)15)13(20-19)7-2-4-10(16)12(18)11(7)17/h1-5,13,20H,19H2. The Morgan fingerprint density at radius 2 is 1.60 bits per heavy atom. The molecule has 0 saturated carbocycles. The fourth-order valence-corrected chi connectivity index (χ4v) is 2.22. The first-order valence-corrected chi connectivity index (χ1v) is 6.29. The highest BCUT2D eigenvalue weighted by molar-refractivity contribution is 9.10. The Morgan fingerprint density at radius 1 is 0.950 bits per heavy atom. The molecule has 0 spiro atoms. The van der Waals surface area contributed by atoms with Crippen LogP contribution in [0.3, 0.4) is 0 Å². The molecular formula is C13H9BrF4N2. The van der Waals surface area contributed by atoms with Crippen molar-refractivity contribution >= 4 is 15.9 Å². The average molecular weight is 349 g/mol. The van der Waals surface area contributed by atoms with Crippen LogP contribution in [0.1, 0.15) is 17.2 Å². The van der Waals surface area contributed by atoms with Gasteiger partial charge in [0.05, 0.1) is 10.5 Å². The van der Waals surface area contributed by atoms with Crippen molar-refractivity contribution in [2.75, 3.05) is 0 Å². The molecule has 7 heteroatoms. The van der Waals surface area contributed by atoms with Crippen LogP contribution in [0.5, 0.6) is 0 Å². The van der Waals surface area contributed by atoms with E-state index in [1.54, 1.807) is 0 Å². The van der Waals surface area contributed by atoms with Crippen molar-refractivity contribution in [2.24, 2.45) is 5.84 Å². The van der Waals surface area contributed by atoms with Crippen molar-refractivity contribution in [1.82, 2.24) is 5.43 Å². The summed E-state index contributed by atoms with van der Waals surface area (Å²) >= 11 is 2.99. The lowest BCUT2D eigenvalue weighted by Crippen LogP contribution is -2.30. The highest BCUT2D eigenvalue weighted by Crippen LogP contribution is 2.28. The lowest BCUT2D eigenvalue weighted by Gasteiger charge is -2.18. The molecule has 2 rings (SSSR count). The molecule has 0 radical (unpaired) electrons. The van der Waals surface area contributed by atoms with Crippen molar-refractivity contribution in [3.63, 3.8) is 0 Å². The maximum Gasteiger partial charge on any atom is 0.194 e. The van der Waals surface area contributed by atoms with Gasteiger partial charge < -0.3 is 0 Å². The van der Waals surface area contributed by atoms with Gasteiger partial charge in [-0.15, -0.1) is 0 Å². The quantitative estimate of drug-likeness (QED) is 0.385. The van der Waals surface area contributed by atoms with Gasteiger partial charge in [0.15, 0.2) is 17.5 Å². The summed E-state index contributed by atoms with van der Waals surface area (Å²) in [6.45, 7) is 0. The summed E-state index contributed by atoms with van der Waals surface area (Å²) < 4.78 is 53.3. The van der Waals surface area contributed by atoms with E-state index in [1.807, 2.05) is 0 Å². The minimum absolute atomic E-state index is 0.151. The van der Waals surface area contributed by atoms with Crippen LogP contribution >= 0.6 is 15.9 Å². The normalized spacial score (nSPS) is 12.5. The molecule has 0 aliphatic carbocycles. The third-order valence-corrected chi connectivity index (χ3v) is 3.43.